The molecule has 5 heteroatoms. The molecule has 0 spiro atoms. The summed E-state index contributed by atoms with van der Waals surface area (Å²) in [6.45, 7) is 1.87. The fourth-order valence-electron chi connectivity index (χ4n) is 1.87. The van der Waals surface area contributed by atoms with Gasteiger partial charge in [0.2, 0.25) is 0 Å². The van der Waals surface area contributed by atoms with Crippen LogP contribution in [0.4, 0.5) is 0 Å². The third kappa shape index (κ3) is 3.15. The van der Waals surface area contributed by atoms with E-state index in [2.05, 4.69) is 9.97 Å². The van der Waals surface area contributed by atoms with Gasteiger partial charge in [-0.1, -0.05) is 30.3 Å². The molecule has 1 aromatic carbocycles. The number of thiazole rings is 2. The SMILES string of the molecule is Cc1nc(-c2ccccc2)sc1C(=O)/C=C/c1cncs1. The summed E-state index contributed by atoms with van der Waals surface area (Å²) in [4.78, 5) is 22.4. The maximum atomic E-state index is 12.3. The van der Waals surface area contributed by atoms with E-state index in [0.29, 0.717) is 4.88 Å². The molecule has 0 atom stereocenters. The van der Waals surface area contributed by atoms with Gasteiger partial charge < -0.3 is 0 Å². The Bertz CT molecular complexity index is 774. The van der Waals surface area contributed by atoms with Gasteiger partial charge in [-0.3, -0.25) is 9.78 Å². The van der Waals surface area contributed by atoms with Gasteiger partial charge in [0.1, 0.15) is 5.01 Å². The van der Waals surface area contributed by atoms with Crippen LogP contribution in [-0.4, -0.2) is 15.8 Å². The summed E-state index contributed by atoms with van der Waals surface area (Å²) in [6, 6.07) is 9.90. The molecule has 104 valence electrons. The molecule has 0 saturated heterocycles. The summed E-state index contributed by atoms with van der Waals surface area (Å²) in [5.74, 6) is -0.0134. The van der Waals surface area contributed by atoms with Crippen molar-refractivity contribution in [3.63, 3.8) is 0 Å². The Morgan fingerprint density at radius 1 is 1.24 bits per heavy atom. The molecule has 3 aromatic rings. The molecule has 0 aliphatic carbocycles. The molecule has 0 fully saturated rings. The predicted octanol–water partition coefficient (Wildman–Crippen LogP) is 4.47. The zero-order chi connectivity index (χ0) is 14.7. The number of carbonyl (C=O) groups excluding carboxylic acids is 1. The van der Waals surface area contributed by atoms with Crippen molar-refractivity contribution in [1.29, 1.82) is 0 Å². The molecular formula is C16H12N2OS2. The van der Waals surface area contributed by atoms with Gasteiger partial charge >= 0.3 is 0 Å². The average Bonchev–Trinajstić information content (AvgIpc) is 3.15. The second-order valence-corrected chi connectivity index (χ2v) is 6.32. The van der Waals surface area contributed by atoms with Crippen LogP contribution in [0, 0.1) is 6.92 Å². The summed E-state index contributed by atoms with van der Waals surface area (Å²) in [5.41, 5.74) is 3.56. The third-order valence-electron chi connectivity index (χ3n) is 2.89. The molecule has 21 heavy (non-hydrogen) atoms. The van der Waals surface area contributed by atoms with E-state index in [1.165, 1.54) is 22.7 Å². The highest BCUT2D eigenvalue weighted by atomic mass is 32.1. The molecule has 0 saturated carbocycles. The highest BCUT2D eigenvalue weighted by Crippen LogP contribution is 2.28. The van der Waals surface area contributed by atoms with Gasteiger partial charge in [-0.05, 0) is 19.1 Å². The monoisotopic (exact) mass is 312 g/mol. The van der Waals surface area contributed by atoms with Crippen molar-refractivity contribution in [3.05, 3.63) is 63.6 Å². The largest absolute Gasteiger partial charge is 0.288 e. The second-order valence-electron chi connectivity index (χ2n) is 4.40. The number of allylic oxidation sites excluding steroid dienone is 1. The molecule has 0 unspecified atom stereocenters. The zero-order valence-electron chi connectivity index (χ0n) is 11.3. The van der Waals surface area contributed by atoms with Crippen LogP contribution >= 0.6 is 22.7 Å². The topological polar surface area (TPSA) is 42.9 Å². The fraction of sp³-hybridized carbons (Fsp3) is 0.0625. The molecule has 2 heterocycles. The van der Waals surface area contributed by atoms with Crippen LogP contribution in [0.3, 0.4) is 0 Å². The normalized spacial score (nSPS) is 11.1. The van der Waals surface area contributed by atoms with E-state index >= 15 is 0 Å². The van der Waals surface area contributed by atoms with E-state index in [-0.39, 0.29) is 5.78 Å². The average molecular weight is 312 g/mol. The minimum absolute atomic E-state index is 0.0134. The van der Waals surface area contributed by atoms with Crippen LogP contribution in [0.2, 0.25) is 0 Å². The third-order valence-corrected chi connectivity index (χ3v) is 4.85. The molecule has 0 amide bonds. The Kier molecular flexibility index (Phi) is 4.03. The zero-order valence-corrected chi connectivity index (χ0v) is 12.9. The van der Waals surface area contributed by atoms with Crippen LogP contribution in [0.25, 0.3) is 16.6 Å². The van der Waals surface area contributed by atoms with Crippen molar-refractivity contribution in [1.82, 2.24) is 9.97 Å². The Morgan fingerprint density at radius 2 is 2.05 bits per heavy atom. The van der Waals surface area contributed by atoms with E-state index in [1.54, 1.807) is 23.9 Å². The highest BCUT2D eigenvalue weighted by Gasteiger charge is 2.14. The Labute approximate surface area is 130 Å². The highest BCUT2D eigenvalue weighted by molar-refractivity contribution is 7.17. The van der Waals surface area contributed by atoms with E-state index in [4.69, 9.17) is 0 Å². The molecule has 0 aliphatic rings. The summed E-state index contributed by atoms with van der Waals surface area (Å²) >= 11 is 2.94. The van der Waals surface area contributed by atoms with Gasteiger partial charge in [-0.15, -0.1) is 22.7 Å². The van der Waals surface area contributed by atoms with E-state index in [0.717, 1.165) is 21.1 Å². The molecule has 2 aromatic heterocycles. The number of aromatic nitrogens is 2. The first kappa shape index (κ1) is 13.9. The lowest BCUT2D eigenvalue weighted by Crippen LogP contribution is -1.92. The molecule has 0 aliphatic heterocycles. The van der Waals surface area contributed by atoms with Crippen LogP contribution < -0.4 is 0 Å². The number of nitrogens with zero attached hydrogens (tertiary/aromatic N) is 2. The fourth-order valence-corrected chi connectivity index (χ4v) is 3.37. The van der Waals surface area contributed by atoms with Gasteiger partial charge in [-0.2, -0.15) is 0 Å². The van der Waals surface area contributed by atoms with Crippen molar-refractivity contribution < 1.29 is 4.79 Å². The summed E-state index contributed by atoms with van der Waals surface area (Å²) < 4.78 is 0. The van der Waals surface area contributed by atoms with E-state index in [9.17, 15) is 4.79 Å². The summed E-state index contributed by atoms with van der Waals surface area (Å²) in [6.07, 6.45) is 5.12. The van der Waals surface area contributed by atoms with Crippen LogP contribution in [0.1, 0.15) is 20.2 Å². The van der Waals surface area contributed by atoms with Crippen molar-refractivity contribution in [2.45, 2.75) is 6.92 Å². The number of hydrogen-bond acceptors (Lipinski definition) is 5. The number of benzene rings is 1. The molecule has 3 rings (SSSR count). The first-order chi connectivity index (χ1) is 10.2. The van der Waals surface area contributed by atoms with Crippen molar-refractivity contribution in [2.24, 2.45) is 0 Å². The first-order valence-electron chi connectivity index (χ1n) is 6.38. The lowest BCUT2D eigenvalue weighted by atomic mass is 10.2. The Morgan fingerprint density at radius 3 is 2.76 bits per heavy atom. The van der Waals surface area contributed by atoms with E-state index in [1.807, 2.05) is 37.3 Å². The van der Waals surface area contributed by atoms with Gasteiger partial charge in [0.05, 0.1) is 16.1 Å². The number of carbonyl (C=O) groups is 1. The van der Waals surface area contributed by atoms with Crippen molar-refractivity contribution >= 4 is 34.5 Å². The van der Waals surface area contributed by atoms with Gasteiger partial charge in [0.15, 0.2) is 5.78 Å². The number of aryl methyl sites for hydroxylation is 1. The molecule has 0 bridgehead atoms. The Balaban J connectivity index is 1.86. The van der Waals surface area contributed by atoms with Crippen LogP contribution in [0.5, 0.6) is 0 Å². The quantitative estimate of drug-likeness (QED) is 0.527. The number of ketones is 1. The summed E-state index contributed by atoms with van der Waals surface area (Å²) in [7, 11) is 0. The maximum Gasteiger partial charge on any atom is 0.197 e. The Hall–Kier alpha value is -2.11. The lowest BCUT2D eigenvalue weighted by molar-refractivity contribution is 0.105. The van der Waals surface area contributed by atoms with Gasteiger partial charge in [-0.25, -0.2) is 4.98 Å². The molecule has 0 radical (unpaired) electrons. The lowest BCUT2D eigenvalue weighted by Gasteiger charge is -1.92. The number of rotatable bonds is 4. The minimum atomic E-state index is -0.0134. The second kappa shape index (κ2) is 6.11. The first-order valence-corrected chi connectivity index (χ1v) is 8.07. The van der Waals surface area contributed by atoms with Gasteiger partial charge in [0, 0.05) is 16.6 Å². The molecule has 0 N–H and O–H groups in total. The molecular weight excluding hydrogens is 300 g/mol. The standard InChI is InChI=1S/C16H12N2OS2/c1-11-15(14(19)8-7-13-9-17-10-20-13)21-16(18-11)12-5-3-2-4-6-12/h2-10H,1H3/b8-7+. The van der Waals surface area contributed by atoms with Gasteiger partial charge in [0.25, 0.3) is 0 Å². The maximum absolute atomic E-state index is 12.3. The molecule has 3 nitrogen and oxygen atoms in total. The van der Waals surface area contributed by atoms with Crippen molar-refractivity contribution in [3.8, 4) is 10.6 Å². The number of hydrogen-bond donors (Lipinski definition) is 0. The smallest absolute Gasteiger partial charge is 0.197 e. The van der Waals surface area contributed by atoms with Crippen LogP contribution in [-0.2, 0) is 0 Å². The summed E-state index contributed by atoms with van der Waals surface area (Å²) in [5, 5.41) is 0.877. The predicted molar refractivity (Wildman–Crippen MR) is 87.8 cm³/mol. The van der Waals surface area contributed by atoms with E-state index < -0.39 is 0 Å². The van der Waals surface area contributed by atoms with Crippen LogP contribution in [0.15, 0.2) is 48.1 Å². The van der Waals surface area contributed by atoms with Crippen molar-refractivity contribution in [2.75, 3.05) is 0 Å². The minimum Gasteiger partial charge on any atom is -0.288 e.